The van der Waals surface area contributed by atoms with Crippen molar-refractivity contribution in [3.8, 4) is 0 Å². The van der Waals surface area contributed by atoms with Gasteiger partial charge in [0.25, 0.3) is 0 Å². The van der Waals surface area contributed by atoms with E-state index in [4.69, 9.17) is 5.84 Å². The Morgan fingerprint density at radius 3 is 2.40 bits per heavy atom. The van der Waals surface area contributed by atoms with Gasteiger partial charge in [0, 0.05) is 0 Å². The monoisotopic (exact) mass is 156 g/mol. The molecule has 0 aliphatic carbocycles. The van der Waals surface area contributed by atoms with Crippen molar-refractivity contribution >= 4 is 11.4 Å². The maximum atomic E-state index is 10.9. The van der Waals surface area contributed by atoms with Crippen LogP contribution in [0, 0.1) is 0 Å². The Kier molecular flexibility index (Phi) is 2.70. The van der Waals surface area contributed by atoms with Crippen LogP contribution < -0.4 is 10.7 Å². The Morgan fingerprint density at radius 2 is 1.90 bits per heavy atom. The van der Waals surface area contributed by atoms with E-state index in [1.807, 2.05) is 18.2 Å². The minimum absolute atomic E-state index is 0.685. The number of nitrogens with one attached hydrogen (secondary N) is 1. The zero-order chi connectivity index (χ0) is 7.40. The van der Waals surface area contributed by atoms with Crippen molar-refractivity contribution in [3.05, 3.63) is 30.3 Å². The van der Waals surface area contributed by atoms with Crippen LogP contribution in [0.15, 0.2) is 35.2 Å². The molecule has 0 aliphatic heterocycles. The molecule has 1 aromatic rings. The van der Waals surface area contributed by atoms with Crippen LogP contribution in [-0.4, -0.2) is 4.55 Å². The molecule has 0 aromatic heterocycles. The van der Waals surface area contributed by atoms with Gasteiger partial charge in [-0.1, -0.05) is 23.0 Å². The first-order valence-electron chi connectivity index (χ1n) is 2.77. The number of hydrazine groups is 1. The number of hydrogen-bond donors (Lipinski definition) is 2. The van der Waals surface area contributed by atoms with Gasteiger partial charge in [0.1, 0.15) is 0 Å². The second kappa shape index (κ2) is 3.58. The van der Waals surface area contributed by atoms with Crippen molar-refractivity contribution in [2.75, 3.05) is 0 Å². The molecule has 1 aromatic carbocycles. The predicted octanol–water partition coefficient (Wildman–Crippen LogP) is 0.172. The Morgan fingerprint density at radius 1 is 1.30 bits per heavy atom. The molecule has 1 rings (SSSR count). The fourth-order valence-electron chi connectivity index (χ4n) is 0.612. The molecule has 0 spiro atoms. The third-order valence-electron chi connectivity index (χ3n) is 1.06. The van der Waals surface area contributed by atoms with Gasteiger partial charge in [0.2, 0.25) is 0 Å². The fraction of sp³-hybridized carbons (Fsp3) is 0. The largest absolute Gasteiger partial charge is 0.592 e. The van der Waals surface area contributed by atoms with Crippen LogP contribution >= 0.6 is 0 Å². The average Bonchev–Trinajstić information content (AvgIpc) is 2.05. The molecule has 4 heteroatoms. The van der Waals surface area contributed by atoms with Crippen LogP contribution in [-0.2, 0) is 11.4 Å². The summed E-state index contributed by atoms with van der Waals surface area (Å²) in [6.07, 6.45) is 0. The Labute approximate surface area is 62.5 Å². The maximum absolute atomic E-state index is 10.9. The van der Waals surface area contributed by atoms with E-state index in [0.717, 1.165) is 0 Å². The fourth-order valence-corrected chi connectivity index (χ4v) is 1.15. The first-order valence-corrected chi connectivity index (χ1v) is 3.92. The highest BCUT2D eigenvalue weighted by atomic mass is 32.2. The van der Waals surface area contributed by atoms with Gasteiger partial charge in [-0.25, -0.2) is 5.84 Å². The third-order valence-corrected chi connectivity index (χ3v) is 1.98. The topological polar surface area (TPSA) is 61.1 Å². The molecule has 0 radical (unpaired) electrons. The van der Waals surface area contributed by atoms with Crippen molar-refractivity contribution in [1.82, 2.24) is 4.83 Å². The summed E-state index contributed by atoms with van der Waals surface area (Å²) in [5.41, 5.74) is 0. The van der Waals surface area contributed by atoms with Gasteiger partial charge in [-0.15, -0.1) is 0 Å². The quantitative estimate of drug-likeness (QED) is 0.364. The second-order valence-corrected chi connectivity index (χ2v) is 2.94. The minimum atomic E-state index is -1.26. The summed E-state index contributed by atoms with van der Waals surface area (Å²) in [7, 11) is 0. The SMILES string of the molecule is NN[S+]([O-])c1ccccc1. The van der Waals surface area contributed by atoms with E-state index in [0.29, 0.717) is 4.90 Å². The zero-order valence-corrected chi connectivity index (χ0v) is 6.10. The molecule has 10 heavy (non-hydrogen) atoms. The van der Waals surface area contributed by atoms with Gasteiger partial charge >= 0.3 is 0 Å². The summed E-state index contributed by atoms with van der Waals surface area (Å²) in [6, 6.07) is 8.97. The summed E-state index contributed by atoms with van der Waals surface area (Å²) < 4.78 is 10.9. The second-order valence-electron chi connectivity index (χ2n) is 1.70. The lowest BCUT2D eigenvalue weighted by Crippen LogP contribution is -2.30. The number of nitrogens with two attached hydrogens (primary N) is 1. The molecule has 1 unspecified atom stereocenters. The number of hydrogen-bond acceptors (Lipinski definition) is 3. The van der Waals surface area contributed by atoms with Gasteiger partial charge < -0.3 is 4.55 Å². The average molecular weight is 156 g/mol. The molecule has 0 fully saturated rings. The summed E-state index contributed by atoms with van der Waals surface area (Å²) in [5.74, 6) is 4.95. The Hall–Kier alpha value is -0.550. The van der Waals surface area contributed by atoms with Crippen LogP contribution in [0.1, 0.15) is 0 Å². The van der Waals surface area contributed by atoms with Gasteiger partial charge in [-0.3, -0.25) is 0 Å². The highest BCUT2D eigenvalue weighted by Gasteiger charge is 2.05. The molecule has 54 valence electrons. The molecule has 0 saturated carbocycles. The van der Waals surface area contributed by atoms with Gasteiger partial charge in [-0.2, -0.15) is 0 Å². The molecule has 3 N–H and O–H groups in total. The molecule has 0 saturated heterocycles. The summed E-state index contributed by atoms with van der Waals surface area (Å²) >= 11 is -1.26. The lowest BCUT2D eigenvalue weighted by atomic mass is 10.4. The van der Waals surface area contributed by atoms with Gasteiger partial charge in [0.05, 0.1) is 11.4 Å². The van der Waals surface area contributed by atoms with E-state index < -0.39 is 11.4 Å². The normalized spacial score (nSPS) is 13.0. The van der Waals surface area contributed by atoms with E-state index in [-0.39, 0.29) is 0 Å². The van der Waals surface area contributed by atoms with Crippen molar-refractivity contribution in [2.24, 2.45) is 5.84 Å². The number of benzene rings is 1. The molecule has 3 nitrogen and oxygen atoms in total. The highest BCUT2D eigenvalue weighted by Crippen LogP contribution is 2.04. The van der Waals surface area contributed by atoms with Crippen LogP contribution in [0.4, 0.5) is 0 Å². The summed E-state index contributed by atoms with van der Waals surface area (Å²) in [4.78, 5) is 2.84. The maximum Gasteiger partial charge on any atom is 0.175 e. The lowest BCUT2D eigenvalue weighted by Gasteiger charge is -2.04. The van der Waals surface area contributed by atoms with Gasteiger partial charge in [0.15, 0.2) is 4.90 Å². The van der Waals surface area contributed by atoms with Gasteiger partial charge in [-0.05, 0) is 12.1 Å². The number of rotatable bonds is 2. The molecule has 1 atom stereocenters. The van der Waals surface area contributed by atoms with Crippen molar-refractivity contribution < 1.29 is 4.55 Å². The Balaban J connectivity index is 2.75. The third kappa shape index (κ3) is 1.71. The van der Waals surface area contributed by atoms with E-state index in [1.165, 1.54) is 0 Å². The first kappa shape index (κ1) is 7.56. The van der Waals surface area contributed by atoms with Crippen molar-refractivity contribution in [1.29, 1.82) is 0 Å². The van der Waals surface area contributed by atoms with E-state index >= 15 is 0 Å². The van der Waals surface area contributed by atoms with Crippen LogP contribution in [0.5, 0.6) is 0 Å². The lowest BCUT2D eigenvalue weighted by molar-refractivity contribution is 0.583. The molecule has 0 bridgehead atoms. The van der Waals surface area contributed by atoms with Crippen molar-refractivity contribution in [2.45, 2.75) is 4.90 Å². The standard InChI is InChI=1S/C6H8N2OS/c7-8-10(9)6-4-2-1-3-5-6/h1-5,8H,7H2. The van der Waals surface area contributed by atoms with Crippen molar-refractivity contribution in [3.63, 3.8) is 0 Å². The highest BCUT2D eigenvalue weighted by molar-refractivity contribution is 7.89. The predicted molar refractivity (Wildman–Crippen MR) is 40.2 cm³/mol. The van der Waals surface area contributed by atoms with E-state index in [9.17, 15) is 4.55 Å². The summed E-state index contributed by atoms with van der Waals surface area (Å²) in [5, 5.41) is 0. The van der Waals surface area contributed by atoms with Crippen LogP contribution in [0.2, 0.25) is 0 Å². The van der Waals surface area contributed by atoms with E-state index in [2.05, 4.69) is 4.83 Å². The van der Waals surface area contributed by atoms with Crippen LogP contribution in [0.25, 0.3) is 0 Å². The van der Waals surface area contributed by atoms with E-state index in [1.54, 1.807) is 12.1 Å². The first-order chi connectivity index (χ1) is 4.84. The molecular weight excluding hydrogens is 148 g/mol. The van der Waals surface area contributed by atoms with Crippen LogP contribution in [0.3, 0.4) is 0 Å². The molecular formula is C6H8N2OS. The summed E-state index contributed by atoms with van der Waals surface area (Å²) in [6.45, 7) is 0. The molecule has 0 amide bonds. The zero-order valence-electron chi connectivity index (χ0n) is 5.28. The molecule has 0 heterocycles. The molecule has 0 aliphatic rings. The smallest absolute Gasteiger partial charge is 0.175 e. The Bertz CT molecular complexity index is 192. The minimum Gasteiger partial charge on any atom is -0.592 e.